The van der Waals surface area contributed by atoms with Gasteiger partial charge in [0.2, 0.25) is 5.91 Å². The molecule has 0 bridgehead atoms. The molecule has 0 saturated carbocycles. The molecule has 1 aliphatic heterocycles. The van der Waals surface area contributed by atoms with E-state index in [1.165, 1.54) is 0 Å². The van der Waals surface area contributed by atoms with Crippen LogP contribution in [-0.2, 0) is 17.8 Å². The summed E-state index contributed by atoms with van der Waals surface area (Å²) in [6.07, 6.45) is 3.68. The number of benzene rings is 1. The molecule has 2 N–H and O–H groups in total. The lowest BCUT2D eigenvalue weighted by molar-refractivity contribution is -0.122. The van der Waals surface area contributed by atoms with Crippen LogP contribution in [0.2, 0.25) is 0 Å². The molecule has 138 valence electrons. The van der Waals surface area contributed by atoms with Crippen molar-refractivity contribution in [1.29, 1.82) is 0 Å². The average Bonchev–Trinajstić information content (AvgIpc) is 3.09. The Morgan fingerprint density at radius 2 is 1.93 bits per heavy atom. The van der Waals surface area contributed by atoms with Gasteiger partial charge in [-0.15, -0.1) is 0 Å². The Hall–Kier alpha value is -3.22. The first kappa shape index (κ1) is 17.2. The van der Waals surface area contributed by atoms with Crippen LogP contribution in [0.1, 0.15) is 41.4 Å². The Morgan fingerprint density at radius 3 is 2.63 bits per heavy atom. The molecule has 0 saturated heterocycles. The van der Waals surface area contributed by atoms with Crippen LogP contribution in [0.4, 0.5) is 0 Å². The summed E-state index contributed by atoms with van der Waals surface area (Å²) in [5.41, 5.74) is 8.84. The van der Waals surface area contributed by atoms with E-state index >= 15 is 0 Å². The third-order valence-electron chi connectivity index (χ3n) is 5.01. The smallest absolute Gasteiger partial charge is 0.256 e. The Labute approximate surface area is 156 Å². The highest BCUT2D eigenvalue weighted by Gasteiger charge is 2.34. The van der Waals surface area contributed by atoms with E-state index in [-0.39, 0.29) is 11.9 Å². The van der Waals surface area contributed by atoms with Gasteiger partial charge in [0.15, 0.2) is 5.65 Å². The molecule has 3 aromatic rings. The minimum absolute atomic E-state index is 0.175. The van der Waals surface area contributed by atoms with Crippen LogP contribution >= 0.6 is 0 Å². The molecule has 0 aliphatic carbocycles. The number of hydrogen-bond acceptors (Lipinski definition) is 4. The highest BCUT2D eigenvalue weighted by atomic mass is 16.2. The van der Waals surface area contributed by atoms with Crippen LogP contribution in [-0.4, -0.2) is 37.5 Å². The molecule has 1 atom stereocenters. The minimum atomic E-state index is -0.665. The Bertz CT molecular complexity index is 1040. The average molecular weight is 363 g/mol. The second-order valence-electron chi connectivity index (χ2n) is 7.14. The summed E-state index contributed by atoms with van der Waals surface area (Å²) in [5.74, 6) is -0.750. The van der Waals surface area contributed by atoms with E-state index in [0.29, 0.717) is 18.5 Å². The van der Waals surface area contributed by atoms with Crippen molar-refractivity contribution in [3.05, 3.63) is 59.4 Å². The number of nitrogens with zero attached hydrogens (tertiary/aromatic N) is 4. The van der Waals surface area contributed by atoms with E-state index in [9.17, 15) is 9.59 Å². The van der Waals surface area contributed by atoms with E-state index in [1.807, 2.05) is 42.8 Å². The molecule has 27 heavy (non-hydrogen) atoms. The first-order valence-corrected chi connectivity index (χ1v) is 8.96. The van der Waals surface area contributed by atoms with Gasteiger partial charge in [0.25, 0.3) is 5.91 Å². The molecule has 1 aromatic carbocycles. The predicted octanol–water partition coefficient (Wildman–Crippen LogP) is 2.06. The number of amides is 2. The van der Waals surface area contributed by atoms with Gasteiger partial charge in [-0.05, 0) is 31.0 Å². The normalized spacial score (nSPS) is 16.6. The van der Waals surface area contributed by atoms with Crippen molar-refractivity contribution in [1.82, 2.24) is 19.7 Å². The van der Waals surface area contributed by atoms with Crippen molar-refractivity contribution >= 4 is 22.8 Å². The van der Waals surface area contributed by atoms with Gasteiger partial charge in [0.1, 0.15) is 6.04 Å². The van der Waals surface area contributed by atoms with Crippen molar-refractivity contribution in [2.75, 3.05) is 0 Å². The number of aromatic nitrogens is 3. The maximum Gasteiger partial charge on any atom is 0.256 e. The van der Waals surface area contributed by atoms with Crippen LogP contribution in [0, 0.1) is 0 Å². The van der Waals surface area contributed by atoms with Gasteiger partial charge < -0.3 is 10.6 Å². The summed E-state index contributed by atoms with van der Waals surface area (Å²) >= 11 is 0. The van der Waals surface area contributed by atoms with Crippen molar-refractivity contribution in [3.8, 4) is 0 Å². The molecule has 4 rings (SSSR count). The number of pyridine rings is 1. The molecule has 7 heteroatoms. The highest BCUT2D eigenvalue weighted by molar-refractivity contribution is 5.99. The van der Waals surface area contributed by atoms with Gasteiger partial charge >= 0.3 is 0 Å². The fourth-order valence-electron chi connectivity index (χ4n) is 3.59. The van der Waals surface area contributed by atoms with Crippen molar-refractivity contribution < 1.29 is 9.59 Å². The molecular weight excluding hydrogens is 342 g/mol. The molecule has 0 fully saturated rings. The predicted molar refractivity (Wildman–Crippen MR) is 101 cm³/mol. The van der Waals surface area contributed by atoms with Gasteiger partial charge in [-0.3, -0.25) is 9.59 Å². The topological polar surface area (TPSA) is 94.1 Å². The lowest BCUT2D eigenvalue weighted by Crippen LogP contribution is -2.51. The maximum absolute atomic E-state index is 13.2. The van der Waals surface area contributed by atoms with Gasteiger partial charge in [0, 0.05) is 30.6 Å². The number of carbonyl (C=O) groups is 2. The lowest BCUT2D eigenvalue weighted by Gasteiger charge is -2.35. The summed E-state index contributed by atoms with van der Waals surface area (Å²) in [6.45, 7) is 4.40. The zero-order valence-corrected chi connectivity index (χ0v) is 15.3. The fourth-order valence-corrected chi connectivity index (χ4v) is 3.59. The van der Waals surface area contributed by atoms with E-state index in [4.69, 9.17) is 5.73 Å². The van der Waals surface area contributed by atoms with E-state index in [2.05, 4.69) is 10.1 Å². The number of nitrogens with two attached hydrogens (primary N) is 1. The third-order valence-corrected chi connectivity index (χ3v) is 5.01. The second-order valence-corrected chi connectivity index (χ2v) is 7.14. The number of fused-ring (bicyclic) bond motifs is 2. The molecule has 1 aliphatic rings. The van der Waals surface area contributed by atoms with E-state index < -0.39 is 11.9 Å². The van der Waals surface area contributed by atoms with Crippen LogP contribution in [0.3, 0.4) is 0 Å². The van der Waals surface area contributed by atoms with Crippen LogP contribution in [0.5, 0.6) is 0 Å². The maximum atomic E-state index is 13.2. The summed E-state index contributed by atoms with van der Waals surface area (Å²) in [5, 5.41) is 5.13. The zero-order chi connectivity index (χ0) is 19.1. The highest BCUT2D eigenvalue weighted by Crippen LogP contribution is 2.26. The van der Waals surface area contributed by atoms with Crippen molar-refractivity contribution in [3.63, 3.8) is 0 Å². The molecule has 2 aromatic heterocycles. The number of primary amides is 1. The lowest BCUT2D eigenvalue weighted by atomic mass is 9.93. The molecule has 1 unspecified atom stereocenters. The van der Waals surface area contributed by atoms with Crippen LogP contribution in [0.15, 0.2) is 42.7 Å². The monoisotopic (exact) mass is 363 g/mol. The zero-order valence-electron chi connectivity index (χ0n) is 15.3. The molecular formula is C20H21N5O2. The van der Waals surface area contributed by atoms with Crippen molar-refractivity contribution in [2.24, 2.45) is 5.73 Å². The summed E-state index contributed by atoms with van der Waals surface area (Å²) in [6, 6.07) is 9.09. The Kier molecular flexibility index (Phi) is 4.14. The largest absolute Gasteiger partial charge is 0.368 e. The Balaban J connectivity index is 1.70. The van der Waals surface area contributed by atoms with Gasteiger partial charge in [0.05, 0.1) is 11.8 Å². The molecule has 7 nitrogen and oxygen atoms in total. The summed E-state index contributed by atoms with van der Waals surface area (Å²) in [4.78, 5) is 31.1. The standard InChI is InChI=1S/C20H21N5O2/c1-12(2)25-19-15(10-23-25)7-16(9-22-19)20(27)24-11-14-6-4-3-5-13(14)8-17(24)18(21)26/h3-7,9-10,12,17H,8,11H2,1-2H3,(H2,21,26). The molecule has 3 heterocycles. The number of hydrogen-bond donors (Lipinski definition) is 1. The SMILES string of the molecule is CC(C)n1ncc2cc(C(=O)N3Cc4ccccc4CC3C(N)=O)cnc21. The second kappa shape index (κ2) is 6.50. The fraction of sp³-hybridized carbons (Fsp3) is 0.300. The van der Waals surface area contributed by atoms with Gasteiger partial charge in [-0.1, -0.05) is 24.3 Å². The summed E-state index contributed by atoms with van der Waals surface area (Å²) in [7, 11) is 0. The Morgan fingerprint density at radius 1 is 1.19 bits per heavy atom. The quantitative estimate of drug-likeness (QED) is 0.771. The number of rotatable bonds is 3. The van der Waals surface area contributed by atoms with E-state index in [1.54, 1.807) is 23.4 Å². The molecule has 2 amide bonds. The van der Waals surface area contributed by atoms with Crippen LogP contribution < -0.4 is 5.73 Å². The van der Waals surface area contributed by atoms with Crippen molar-refractivity contribution in [2.45, 2.75) is 38.9 Å². The molecule has 0 radical (unpaired) electrons. The van der Waals surface area contributed by atoms with Gasteiger partial charge in [-0.2, -0.15) is 5.10 Å². The van der Waals surface area contributed by atoms with Gasteiger partial charge in [-0.25, -0.2) is 9.67 Å². The van der Waals surface area contributed by atoms with E-state index in [0.717, 1.165) is 22.2 Å². The first-order chi connectivity index (χ1) is 13.0. The third kappa shape index (κ3) is 2.95. The van der Waals surface area contributed by atoms with Crippen LogP contribution in [0.25, 0.3) is 11.0 Å². The molecule has 0 spiro atoms. The first-order valence-electron chi connectivity index (χ1n) is 8.96. The summed E-state index contributed by atoms with van der Waals surface area (Å²) < 4.78 is 1.81. The number of carbonyl (C=O) groups excluding carboxylic acids is 2. The minimum Gasteiger partial charge on any atom is -0.368 e.